The number of fused-ring (bicyclic) bond motifs is 1. The Morgan fingerprint density at radius 3 is 2.86 bits per heavy atom. The van der Waals surface area contributed by atoms with Crippen molar-refractivity contribution in [2.75, 3.05) is 31.6 Å². The number of amides is 1. The van der Waals surface area contributed by atoms with Gasteiger partial charge in [0.05, 0.1) is 19.8 Å². The second-order valence-electron chi connectivity index (χ2n) is 7.50. The summed E-state index contributed by atoms with van der Waals surface area (Å²) in [6, 6.07) is 12.1. The van der Waals surface area contributed by atoms with E-state index in [9.17, 15) is 4.79 Å². The van der Waals surface area contributed by atoms with Crippen LogP contribution in [-0.4, -0.2) is 32.2 Å². The summed E-state index contributed by atoms with van der Waals surface area (Å²) in [7, 11) is 0. The molecule has 1 fully saturated rings. The zero-order chi connectivity index (χ0) is 19.5. The third-order valence-electron chi connectivity index (χ3n) is 5.59. The van der Waals surface area contributed by atoms with E-state index in [1.807, 2.05) is 31.2 Å². The van der Waals surface area contributed by atoms with E-state index in [2.05, 4.69) is 17.4 Å². The Morgan fingerprint density at radius 2 is 2.00 bits per heavy atom. The fraction of sp³-hybridized carbons (Fsp3) is 0.409. The third-order valence-corrected chi connectivity index (χ3v) is 6.00. The molecule has 2 aliphatic heterocycles. The smallest absolute Gasteiger partial charge is 0.279 e. The maximum atomic E-state index is 12.7. The van der Waals surface area contributed by atoms with Crippen LogP contribution in [0.3, 0.4) is 0 Å². The van der Waals surface area contributed by atoms with Gasteiger partial charge in [0.2, 0.25) is 0 Å². The summed E-state index contributed by atoms with van der Waals surface area (Å²) >= 11 is 6.16. The van der Waals surface area contributed by atoms with Crippen LogP contribution in [0, 0.1) is 6.92 Å². The molecule has 28 heavy (non-hydrogen) atoms. The van der Waals surface area contributed by atoms with Crippen molar-refractivity contribution in [3.05, 3.63) is 52.5 Å². The number of anilines is 1. The predicted octanol–water partition coefficient (Wildman–Crippen LogP) is 3.17. The van der Waals surface area contributed by atoms with Crippen molar-refractivity contribution in [1.29, 1.82) is 0 Å². The summed E-state index contributed by atoms with van der Waals surface area (Å²) in [6.07, 6.45) is 3.07. The Kier molecular flexibility index (Phi) is 5.74. The normalized spacial score (nSPS) is 21.2. The fourth-order valence-electron chi connectivity index (χ4n) is 4.07. The maximum Gasteiger partial charge on any atom is 0.279 e. The molecular formula is C22H26ClN2O3+. The average molecular weight is 402 g/mol. The van der Waals surface area contributed by atoms with E-state index < -0.39 is 0 Å². The lowest BCUT2D eigenvalue weighted by atomic mass is 10.0. The SMILES string of the molecule is Cc1c(Cl)cccc1NC(=O)C[NH+]1CCC[C@H]1c1ccc2c(c1)OCCCO2. The molecule has 6 heteroatoms. The molecule has 1 amide bonds. The van der Waals surface area contributed by atoms with Crippen LogP contribution >= 0.6 is 11.6 Å². The molecule has 4 rings (SSSR count). The second-order valence-corrected chi connectivity index (χ2v) is 7.90. The minimum Gasteiger partial charge on any atom is -0.490 e. The Labute approximate surface area is 170 Å². The molecule has 0 aromatic heterocycles. The largest absolute Gasteiger partial charge is 0.490 e. The predicted molar refractivity (Wildman–Crippen MR) is 110 cm³/mol. The molecule has 2 aliphatic rings. The Morgan fingerprint density at radius 1 is 1.18 bits per heavy atom. The van der Waals surface area contributed by atoms with Gasteiger partial charge in [-0.1, -0.05) is 17.7 Å². The Balaban J connectivity index is 1.46. The molecular weight excluding hydrogens is 376 g/mol. The van der Waals surface area contributed by atoms with Crippen molar-refractivity contribution < 1.29 is 19.2 Å². The van der Waals surface area contributed by atoms with E-state index in [-0.39, 0.29) is 5.91 Å². The minimum absolute atomic E-state index is 0.0154. The van der Waals surface area contributed by atoms with E-state index in [4.69, 9.17) is 21.1 Å². The van der Waals surface area contributed by atoms with Gasteiger partial charge in [-0.15, -0.1) is 0 Å². The standard InChI is InChI=1S/C22H25ClN2O3/c1-15-17(23)5-2-6-18(15)24-22(26)14-25-10-3-7-19(25)16-8-9-20-21(13-16)28-12-4-11-27-20/h2,5-6,8-9,13,19H,3-4,7,10-12,14H2,1H3,(H,24,26)/p+1/t19-/m0/s1. The highest BCUT2D eigenvalue weighted by Gasteiger charge is 2.32. The first kappa shape index (κ1) is 19.1. The number of nitrogens with one attached hydrogen (secondary N) is 2. The second kappa shape index (κ2) is 8.41. The highest BCUT2D eigenvalue weighted by molar-refractivity contribution is 6.31. The van der Waals surface area contributed by atoms with Gasteiger partial charge in [-0.05, 0) is 42.8 Å². The minimum atomic E-state index is 0.0154. The van der Waals surface area contributed by atoms with Crippen molar-refractivity contribution in [2.24, 2.45) is 0 Å². The molecule has 2 heterocycles. The summed E-state index contributed by atoms with van der Waals surface area (Å²) < 4.78 is 11.6. The Hall–Kier alpha value is -2.24. The number of halogens is 1. The zero-order valence-electron chi connectivity index (χ0n) is 16.1. The van der Waals surface area contributed by atoms with Crippen molar-refractivity contribution in [3.8, 4) is 11.5 Å². The molecule has 0 radical (unpaired) electrons. The molecule has 0 saturated carbocycles. The van der Waals surface area contributed by atoms with Gasteiger partial charge in [0.25, 0.3) is 5.91 Å². The van der Waals surface area contributed by atoms with Crippen LogP contribution in [0.25, 0.3) is 0 Å². The first-order chi connectivity index (χ1) is 13.6. The molecule has 2 aromatic carbocycles. The monoisotopic (exact) mass is 401 g/mol. The van der Waals surface area contributed by atoms with E-state index in [1.54, 1.807) is 0 Å². The highest BCUT2D eigenvalue weighted by Crippen LogP contribution is 2.33. The van der Waals surface area contributed by atoms with E-state index >= 15 is 0 Å². The third kappa shape index (κ3) is 4.10. The molecule has 148 valence electrons. The van der Waals surface area contributed by atoms with Crippen molar-refractivity contribution >= 4 is 23.2 Å². The number of hydrogen-bond donors (Lipinski definition) is 2. The van der Waals surface area contributed by atoms with Crippen LogP contribution in [0.1, 0.15) is 36.4 Å². The molecule has 0 bridgehead atoms. The van der Waals surface area contributed by atoms with Gasteiger partial charge in [0.15, 0.2) is 18.0 Å². The zero-order valence-corrected chi connectivity index (χ0v) is 16.8. The summed E-state index contributed by atoms with van der Waals surface area (Å²) in [5, 5.41) is 3.68. The van der Waals surface area contributed by atoms with Crippen LogP contribution in [0.5, 0.6) is 11.5 Å². The van der Waals surface area contributed by atoms with Crippen molar-refractivity contribution in [1.82, 2.24) is 0 Å². The molecule has 1 unspecified atom stereocenters. The maximum absolute atomic E-state index is 12.7. The summed E-state index contributed by atoms with van der Waals surface area (Å²) in [4.78, 5) is 14.0. The summed E-state index contributed by atoms with van der Waals surface area (Å²) in [5.41, 5.74) is 2.89. The number of carbonyl (C=O) groups excluding carboxylic acids is 1. The Bertz CT molecular complexity index is 871. The lowest BCUT2D eigenvalue weighted by Gasteiger charge is -2.22. The van der Waals surface area contributed by atoms with E-state index in [1.165, 1.54) is 10.5 Å². The fourth-order valence-corrected chi connectivity index (χ4v) is 4.24. The molecule has 0 spiro atoms. The van der Waals surface area contributed by atoms with Crippen LogP contribution in [0.2, 0.25) is 5.02 Å². The van der Waals surface area contributed by atoms with Crippen LogP contribution in [-0.2, 0) is 4.79 Å². The van der Waals surface area contributed by atoms with Gasteiger partial charge in [-0.25, -0.2) is 0 Å². The van der Waals surface area contributed by atoms with Crippen LogP contribution in [0.15, 0.2) is 36.4 Å². The molecule has 2 aromatic rings. The van der Waals surface area contributed by atoms with Crippen molar-refractivity contribution in [3.63, 3.8) is 0 Å². The average Bonchev–Trinajstić information content (AvgIpc) is 3.00. The van der Waals surface area contributed by atoms with Gasteiger partial charge >= 0.3 is 0 Å². The first-order valence-electron chi connectivity index (χ1n) is 9.91. The highest BCUT2D eigenvalue weighted by atomic mass is 35.5. The van der Waals surface area contributed by atoms with Gasteiger partial charge in [0.1, 0.15) is 6.04 Å². The number of benzene rings is 2. The van der Waals surface area contributed by atoms with Gasteiger partial charge in [-0.3, -0.25) is 4.79 Å². The summed E-state index contributed by atoms with van der Waals surface area (Å²) in [6.45, 7) is 4.71. The number of ether oxygens (including phenoxy) is 2. The quantitative estimate of drug-likeness (QED) is 0.827. The number of quaternary nitrogens is 1. The molecule has 2 atom stereocenters. The number of rotatable bonds is 4. The van der Waals surface area contributed by atoms with Gasteiger partial charge in [0, 0.05) is 35.5 Å². The lowest BCUT2D eigenvalue weighted by Crippen LogP contribution is -3.11. The van der Waals surface area contributed by atoms with Gasteiger partial charge < -0.3 is 19.7 Å². The lowest BCUT2D eigenvalue weighted by molar-refractivity contribution is -0.910. The summed E-state index contributed by atoms with van der Waals surface area (Å²) in [5.74, 6) is 1.65. The molecule has 1 saturated heterocycles. The molecule has 0 aliphatic carbocycles. The molecule has 2 N–H and O–H groups in total. The number of likely N-dealkylation sites (tertiary alicyclic amines) is 1. The number of carbonyl (C=O) groups is 1. The number of hydrogen-bond acceptors (Lipinski definition) is 3. The van der Waals surface area contributed by atoms with Crippen molar-refractivity contribution in [2.45, 2.75) is 32.2 Å². The topological polar surface area (TPSA) is 52.0 Å². The molecule has 5 nitrogen and oxygen atoms in total. The van der Waals surface area contributed by atoms with E-state index in [0.717, 1.165) is 48.6 Å². The first-order valence-corrected chi connectivity index (χ1v) is 10.3. The van der Waals surface area contributed by atoms with E-state index in [0.29, 0.717) is 30.8 Å². The van der Waals surface area contributed by atoms with Gasteiger partial charge in [-0.2, -0.15) is 0 Å². The van der Waals surface area contributed by atoms with Crippen LogP contribution in [0.4, 0.5) is 5.69 Å². The van der Waals surface area contributed by atoms with Crippen LogP contribution < -0.4 is 19.7 Å².